The Kier molecular flexibility index (Phi) is 8.97. The molecule has 8 heteroatoms. The average Bonchev–Trinajstić information content (AvgIpc) is 3.47. The number of amides is 1. The Bertz CT molecular complexity index is 1220. The molecule has 3 aromatic carbocycles. The first kappa shape index (κ1) is 27.5. The molecular weight excluding hydrogens is 514 g/mol. The third-order valence-corrected chi connectivity index (χ3v) is 9.25. The Balaban J connectivity index is 1.62. The van der Waals surface area contributed by atoms with Crippen LogP contribution in [0, 0.1) is 0 Å². The van der Waals surface area contributed by atoms with Crippen molar-refractivity contribution in [2.75, 3.05) is 5.75 Å². The number of aliphatic carboxylic acids is 1. The minimum absolute atomic E-state index is 0.165. The summed E-state index contributed by atoms with van der Waals surface area (Å²) in [7, 11) is 0. The summed E-state index contributed by atoms with van der Waals surface area (Å²) < 4.78 is -1.52. The summed E-state index contributed by atoms with van der Waals surface area (Å²) in [5.74, 6) is 0.0460. The van der Waals surface area contributed by atoms with Crippen LogP contribution in [0.15, 0.2) is 103 Å². The fourth-order valence-electron chi connectivity index (χ4n) is 4.17. The average molecular weight is 546 g/mol. The van der Waals surface area contributed by atoms with Crippen LogP contribution in [-0.4, -0.2) is 43.5 Å². The van der Waals surface area contributed by atoms with Gasteiger partial charge in [0.05, 0.1) is 15.2 Å². The van der Waals surface area contributed by atoms with E-state index in [0.717, 1.165) is 22.5 Å². The number of benzene rings is 3. The summed E-state index contributed by atoms with van der Waals surface area (Å²) in [5.41, 5.74) is 3.10. The first-order valence-electron chi connectivity index (χ1n) is 12.3. The van der Waals surface area contributed by atoms with Crippen molar-refractivity contribution in [1.29, 1.82) is 0 Å². The lowest BCUT2D eigenvalue weighted by Crippen LogP contribution is -2.50. The SMILES string of the molecule is CC(C)(SCc1ncc[nH]1)C(=O)N[C@@H](CSC(c1ccccc1)(c1ccccc1)c1ccccc1)C(=O)O. The standard InChI is InChI=1S/C30H31N3O3S2/c1-29(2,37-21-26-31-18-19-32-26)28(36)33-25(27(34)35)20-38-30(22-12-6-3-7-13-22,23-14-8-4-9-15-23)24-16-10-5-11-17-24/h3-19,25H,20-21H2,1-2H3,(H,31,32)(H,33,36)(H,34,35)/t25-/m0/s1. The summed E-state index contributed by atoms with van der Waals surface area (Å²) in [6.45, 7) is 3.59. The minimum atomic E-state index is -1.08. The second kappa shape index (κ2) is 12.4. The zero-order valence-electron chi connectivity index (χ0n) is 21.3. The quantitative estimate of drug-likeness (QED) is 0.197. The first-order valence-corrected chi connectivity index (χ1v) is 14.3. The van der Waals surface area contributed by atoms with Gasteiger partial charge >= 0.3 is 5.97 Å². The van der Waals surface area contributed by atoms with Crippen molar-refractivity contribution >= 4 is 35.4 Å². The van der Waals surface area contributed by atoms with Gasteiger partial charge in [0.25, 0.3) is 0 Å². The molecule has 0 bridgehead atoms. The molecule has 3 N–H and O–H groups in total. The number of nitrogens with zero attached hydrogens (tertiary/aromatic N) is 1. The van der Waals surface area contributed by atoms with Crippen LogP contribution in [0.5, 0.6) is 0 Å². The fourth-order valence-corrected chi connectivity index (χ4v) is 6.57. The van der Waals surface area contributed by atoms with Crippen molar-refractivity contribution in [3.05, 3.63) is 126 Å². The van der Waals surface area contributed by atoms with E-state index in [1.165, 1.54) is 23.5 Å². The molecule has 6 nitrogen and oxygen atoms in total. The molecule has 1 amide bonds. The molecule has 0 saturated heterocycles. The fraction of sp³-hybridized carbons (Fsp3) is 0.233. The van der Waals surface area contributed by atoms with Crippen molar-refractivity contribution < 1.29 is 14.7 Å². The van der Waals surface area contributed by atoms with Crippen LogP contribution >= 0.6 is 23.5 Å². The van der Waals surface area contributed by atoms with Crippen molar-refractivity contribution in [3.63, 3.8) is 0 Å². The number of nitrogens with one attached hydrogen (secondary N) is 2. The molecule has 0 radical (unpaired) electrons. The van der Waals surface area contributed by atoms with Crippen LogP contribution < -0.4 is 5.32 Å². The number of carbonyl (C=O) groups is 2. The van der Waals surface area contributed by atoms with Crippen molar-refractivity contribution in [3.8, 4) is 0 Å². The third-order valence-electron chi connectivity index (χ3n) is 6.28. The number of H-pyrrole nitrogens is 1. The lowest BCUT2D eigenvalue weighted by atomic mass is 9.84. The summed E-state index contributed by atoms with van der Waals surface area (Å²) in [5, 5.41) is 12.9. The molecule has 4 aromatic rings. The Morgan fingerprint density at radius 1 is 0.868 bits per heavy atom. The number of carbonyl (C=O) groups excluding carboxylic acids is 1. The van der Waals surface area contributed by atoms with E-state index in [2.05, 4.69) is 51.7 Å². The van der Waals surface area contributed by atoms with Gasteiger partial charge in [0, 0.05) is 18.1 Å². The van der Waals surface area contributed by atoms with Crippen LogP contribution in [0.1, 0.15) is 36.4 Å². The second-order valence-corrected chi connectivity index (χ2v) is 12.1. The van der Waals surface area contributed by atoms with Crippen LogP contribution in [-0.2, 0) is 20.1 Å². The molecule has 1 atom stereocenters. The lowest BCUT2D eigenvalue weighted by Gasteiger charge is -2.36. The number of carboxylic acid groups (broad SMARTS) is 1. The number of aromatic nitrogens is 2. The van der Waals surface area contributed by atoms with E-state index in [1.54, 1.807) is 26.2 Å². The van der Waals surface area contributed by atoms with E-state index in [0.29, 0.717) is 5.75 Å². The van der Waals surface area contributed by atoms with Gasteiger partial charge in [-0.1, -0.05) is 91.0 Å². The van der Waals surface area contributed by atoms with Gasteiger partial charge in [-0.25, -0.2) is 9.78 Å². The highest BCUT2D eigenvalue weighted by Crippen LogP contribution is 2.48. The molecule has 0 aliphatic heterocycles. The van der Waals surface area contributed by atoms with Crippen molar-refractivity contribution in [2.24, 2.45) is 0 Å². The van der Waals surface area contributed by atoms with E-state index in [-0.39, 0.29) is 11.7 Å². The number of thioether (sulfide) groups is 2. The summed E-state index contributed by atoms with van der Waals surface area (Å²) in [6.07, 6.45) is 3.40. The smallest absolute Gasteiger partial charge is 0.327 e. The van der Waals surface area contributed by atoms with Gasteiger partial charge in [-0.3, -0.25) is 4.79 Å². The monoisotopic (exact) mass is 545 g/mol. The van der Waals surface area contributed by atoms with Gasteiger partial charge in [-0.15, -0.1) is 23.5 Å². The van der Waals surface area contributed by atoms with Crippen LogP contribution in [0.3, 0.4) is 0 Å². The van der Waals surface area contributed by atoms with Crippen molar-refractivity contribution in [1.82, 2.24) is 15.3 Å². The number of hydrogen-bond acceptors (Lipinski definition) is 5. The highest BCUT2D eigenvalue weighted by atomic mass is 32.2. The summed E-state index contributed by atoms with van der Waals surface area (Å²) >= 11 is 2.92. The zero-order valence-corrected chi connectivity index (χ0v) is 23.0. The van der Waals surface area contributed by atoms with Gasteiger partial charge < -0.3 is 15.4 Å². The minimum Gasteiger partial charge on any atom is -0.480 e. The summed E-state index contributed by atoms with van der Waals surface area (Å²) in [4.78, 5) is 32.9. The largest absolute Gasteiger partial charge is 0.480 e. The number of imidazole rings is 1. The zero-order chi connectivity index (χ0) is 27.0. The normalized spacial score (nSPS) is 12.6. The highest BCUT2D eigenvalue weighted by Gasteiger charge is 2.39. The highest BCUT2D eigenvalue weighted by molar-refractivity contribution is 8.01. The molecule has 0 aliphatic carbocycles. The predicted octanol–water partition coefficient (Wildman–Crippen LogP) is 5.72. The first-order chi connectivity index (χ1) is 18.3. The number of carboxylic acids is 1. The van der Waals surface area contributed by atoms with Gasteiger partial charge in [0.2, 0.25) is 5.91 Å². The van der Waals surface area contributed by atoms with Gasteiger partial charge in [-0.05, 0) is 30.5 Å². The molecule has 196 valence electrons. The molecule has 0 spiro atoms. The van der Waals surface area contributed by atoms with Gasteiger partial charge in [-0.2, -0.15) is 0 Å². The van der Waals surface area contributed by atoms with Gasteiger partial charge in [0.1, 0.15) is 11.9 Å². The van der Waals surface area contributed by atoms with E-state index in [9.17, 15) is 14.7 Å². The molecule has 4 rings (SSSR count). The maximum absolute atomic E-state index is 13.2. The maximum atomic E-state index is 13.2. The molecule has 1 heterocycles. The van der Waals surface area contributed by atoms with E-state index >= 15 is 0 Å². The Labute approximate surface area is 231 Å². The molecule has 0 aliphatic rings. The predicted molar refractivity (Wildman–Crippen MR) is 155 cm³/mol. The molecule has 0 unspecified atom stereocenters. The van der Waals surface area contributed by atoms with E-state index in [1.807, 2.05) is 54.6 Å². The topological polar surface area (TPSA) is 95.1 Å². The molecule has 38 heavy (non-hydrogen) atoms. The van der Waals surface area contributed by atoms with E-state index < -0.39 is 21.5 Å². The molecule has 0 saturated carbocycles. The van der Waals surface area contributed by atoms with E-state index in [4.69, 9.17) is 0 Å². The Hall–Kier alpha value is -3.49. The van der Waals surface area contributed by atoms with Crippen molar-refractivity contribution in [2.45, 2.75) is 35.1 Å². The maximum Gasteiger partial charge on any atom is 0.327 e. The Morgan fingerprint density at radius 2 is 1.37 bits per heavy atom. The van der Waals surface area contributed by atoms with Crippen LogP contribution in [0.2, 0.25) is 0 Å². The second-order valence-electron chi connectivity index (χ2n) is 9.29. The lowest BCUT2D eigenvalue weighted by molar-refractivity contribution is -0.141. The van der Waals surface area contributed by atoms with Crippen LogP contribution in [0.4, 0.5) is 0 Å². The van der Waals surface area contributed by atoms with Crippen LogP contribution in [0.25, 0.3) is 0 Å². The Morgan fingerprint density at radius 3 is 1.79 bits per heavy atom. The number of rotatable bonds is 12. The molecule has 1 aromatic heterocycles. The third kappa shape index (κ3) is 6.31. The summed E-state index contributed by atoms with van der Waals surface area (Å²) in [6, 6.07) is 29.2. The number of hydrogen-bond donors (Lipinski definition) is 3. The molecule has 0 fully saturated rings. The number of aromatic amines is 1. The molecular formula is C30H31N3O3S2. The van der Waals surface area contributed by atoms with Gasteiger partial charge in [0.15, 0.2) is 0 Å².